The number of amides is 2. The molecule has 1 aliphatic heterocycles. The van der Waals surface area contributed by atoms with Crippen LogP contribution in [0.5, 0.6) is 11.5 Å². The molecule has 3 aromatic rings. The van der Waals surface area contributed by atoms with Crippen LogP contribution in [0.2, 0.25) is 0 Å². The number of fused-ring (bicyclic) bond motifs is 1. The Balaban J connectivity index is 1.94. The van der Waals surface area contributed by atoms with E-state index in [0.717, 1.165) is 6.07 Å². The van der Waals surface area contributed by atoms with Crippen LogP contribution in [0.3, 0.4) is 0 Å². The highest BCUT2D eigenvalue weighted by Gasteiger charge is 2.31. The number of likely N-dealkylation sites (tertiary alicyclic amines) is 1. The number of rotatable bonds is 6. The van der Waals surface area contributed by atoms with Crippen molar-refractivity contribution in [2.45, 2.75) is 32.4 Å². The summed E-state index contributed by atoms with van der Waals surface area (Å²) in [6, 6.07) is 0.587. The van der Waals surface area contributed by atoms with Gasteiger partial charge in [0.05, 0.1) is 36.7 Å². The highest BCUT2D eigenvalue weighted by atomic mass is 19.1. The standard InChI is InChI=1S/C27H28F2N6O4/c1-6-21(36)34-10-9-15(13-34)35-25-17(27(37)32-14(2)3)12-31-26(30)22(25)18(33-35)8-7-16-23(28)19(38-4)11-20(39-5)24(16)29/h6,11-12,14-15H,1,9-10,13H2,2-5H3,(H2,30,31)(H,32,37). The molecule has 3 N–H and O–H groups in total. The van der Waals surface area contributed by atoms with Crippen LogP contribution in [0.4, 0.5) is 14.6 Å². The van der Waals surface area contributed by atoms with E-state index in [9.17, 15) is 18.4 Å². The van der Waals surface area contributed by atoms with Crippen molar-refractivity contribution in [2.75, 3.05) is 33.0 Å². The molecule has 0 bridgehead atoms. The Morgan fingerprint density at radius 3 is 2.49 bits per heavy atom. The Kier molecular flexibility index (Phi) is 7.71. The number of halogens is 2. The first-order valence-electron chi connectivity index (χ1n) is 12.1. The number of hydrogen-bond acceptors (Lipinski definition) is 7. The van der Waals surface area contributed by atoms with Crippen molar-refractivity contribution in [2.24, 2.45) is 0 Å². The lowest BCUT2D eigenvalue weighted by molar-refractivity contribution is -0.125. The van der Waals surface area contributed by atoms with E-state index in [1.54, 1.807) is 9.58 Å². The topological polar surface area (TPSA) is 125 Å². The molecular formula is C27H28F2N6O4. The summed E-state index contributed by atoms with van der Waals surface area (Å²) in [5.41, 5.74) is 6.25. The molecule has 1 saturated heterocycles. The quantitative estimate of drug-likeness (QED) is 0.365. The van der Waals surface area contributed by atoms with Crippen molar-refractivity contribution in [3.63, 3.8) is 0 Å². The van der Waals surface area contributed by atoms with Gasteiger partial charge in [-0.05, 0) is 32.3 Å². The first kappa shape index (κ1) is 27.4. The van der Waals surface area contributed by atoms with Gasteiger partial charge in [-0.25, -0.2) is 13.8 Å². The number of nitrogens with zero attached hydrogens (tertiary/aromatic N) is 4. The van der Waals surface area contributed by atoms with Crippen molar-refractivity contribution in [3.8, 4) is 23.3 Å². The molecule has 0 aliphatic carbocycles. The molecule has 10 nitrogen and oxygen atoms in total. The molecule has 1 unspecified atom stereocenters. The summed E-state index contributed by atoms with van der Waals surface area (Å²) in [6.45, 7) is 7.92. The SMILES string of the molecule is C=CC(=O)N1CCC(n2nc(C#Cc3c(F)c(OC)cc(OC)c3F)c3c(N)ncc(C(=O)NC(C)C)c32)C1. The Morgan fingerprint density at radius 2 is 1.90 bits per heavy atom. The van der Waals surface area contributed by atoms with Gasteiger partial charge in [-0.3, -0.25) is 14.3 Å². The summed E-state index contributed by atoms with van der Waals surface area (Å²) in [4.78, 5) is 31.1. The van der Waals surface area contributed by atoms with Crippen molar-refractivity contribution < 1.29 is 27.8 Å². The highest BCUT2D eigenvalue weighted by Crippen LogP contribution is 2.33. The number of pyridine rings is 1. The largest absolute Gasteiger partial charge is 0.493 e. The smallest absolute Gasteiger partial charge is 0.255 e. The zero-order valence-corrected chi connectivity index (χ0v) is 22.0. The fourth-order valence-electron chi connectivity index (χ4n) is 4.44. The third-order valence-electron chi connectivity index (χ3n) is 6.29. The Hall–Kier alpha value is -4.66. The molecule has 1 aromatic carbocycles. The monoisotopic (exact) mass is 538 g/mol. The Labute approximate surface area is 223 Å². The van der Waals surface area contributed by atoms with E-state index in [4.69, 9.17) is 15.2 Å². The van der Waals surface area contributed by atoms with Crippen LogP contribution in [-0.2, 0) is 4.79 Å². The molecule has 2 amide bonds. The van der Waals surface area contributed by atoms with Gasteiger partial charge in [-0.2, -0.15) is 5.10 Å². The van der Waals surface area contributed by atoms with E-state index < -0.39 is 23.1 Å². The third-order valence-corrected chi connectivity index (χ3v) is 6.29. The number of nitrogens with one attached hydrogen (secondary N) is 1. The summed E-state index contributed by atoms with van der Waals surface area (Å²) >= 11 is 0. The number of methoxy groups -OCH3 is 2. The first-order chi connectivity index (χ1) is 18.6. The fourth-order valence-corrected chi connectivity index (χ4v) is 4.44. The number of ether oxygens (including phenoxy) is 2. The molecule has 3 heterocycles. The van der Waals surface area contributed by atoms with Gasteiger partial charge in [-0.1, -0.05) is 12.5 Å². The van der Waals surface area contributed by atoms with E-state index in [1.807, 2.05) is 13.8 Å². The van der Waals surface area contributed by atoms with Gasteiger partial charge in [0.15, 0.2) is 23.1 Å². The average Bonchev–Trinajstić information content (AvgIpc) is 3.54. The van der Waals surface area contributed by atoms with Gasteiger partial charge in [0.25, 0.3) is 5.91 Å². The number of nitrogens with two attached hydrogens (primary N) is 1. The van der Waals surface area contributed by atoms with Gasteiger partial charge in [-0.15, -0.1) is 0 Å². The lowest BCUT2D eigenvalue weighted by atomic mass is 10.1. The first-order valence-corrected chi connectivity index (χ1v) is 12.1. The normalized spacial score (nSPS) is 14.7. The lowest BCUT2D eigenvalue weighted by Crippen LogP contribution is -2.31. The molecule has 0 radical (unpaired) electrons. The van der Waals surface area contributed by atoms with Gasteiger partial charge in [0, 0.05) is 31.4 Å². The maximum Gasteiger partial charge on any atom is 0.255 e. The molecule has 4 rings (SSSR count). The maximum absolute atomic E-state index is 15.0. The Morgan fingerprint density at radius 1 is 1.23 bits per heavy atom. The lowest BCUT2D eigenvalue weighted by Gasteiger charge is -2.16. The number of benzene rings is 1. The van der Waals surface area contributed by atoms with E-state index >= 15 is 0 Å². The van der Waals surface area contributed by atoms with E-state index in [1.165, 1.54) is 26.5 Å². The molecule has 0 spiro atoms. The molecule has 1 aliphatic rings. The van der Waals surface area contributed by atoms with Crippen LogP contribution >= 0.6 is 0 Å². The maximum atomic E-state index is 15.0. The molecule has 0 saturated carbocycles. The second-order valence-corrected chi connectivity index (χ2v) is 9.17. The van der Waals surface area contributed by atoms with Crippen LogP contribution in [0.15, 0.2) is 24.9 Å². The number of anilines is 1. The van der Waals surface area contributed by atoms with E-state index in [2.05, 4.69) is 33.8 Å². The van der Waals surface area contributed by atoms with Crippen LogP contribution in [0.25, 0.3) is 10.9 Å². The molecular weight excluding hydrogens is 510 g/mol. The number of carbonyl (C=O) groups is 2. The molecule has 204 valence electrons. The second kappa shape index (κ2) is 11.0. The average molecular weight is 539 g/mol. The summed E-state index contributed by atoms with van der Waals surface area (Å²) in [5, 5.41) is 7.69. The van der Waals surface area contributed by atoms with Crippen LogP contribution < -0.4 is 20.5 Å². The summed E-state index contributed by atoms with van der Waals surface area (Å²) in [5.74, 6) is 2.07. The summed E-state index contributed by atoms with van der Waals surface area (Å²) in [7, 11) is 2.47. The number of carbonyl (C=O) groups excluding carboxylic acids is 2. The van der Waals surface area contributed by atoms with Crippen LogP contribution in [0, 0.1) is 23.5 Å². The molecule has 2 aromatic heterocycles. The molecule has 1 atom stereocenters. The zero-order valence-electron chi connectivity index (χ0n) is 22.0. The highest BCUT2D eigenvalue weighted by molar-refractivity contribution is 6.09. The van der Waals surface area contributed by atoms with E-state index in [0.29, 0.717) is 25.0 Å². The fraction of sp³-hybridized carbons (Fsp3) is 0.333. The molecule has 12 heteroatoms. The van der Waals surface area contributed by atoms with Crippen molar-refractivity contribution in [1.82, 2.24) is 25.0 Å². The third kappa shape index (κ3) is 5.07. The van der Waals surface area contributed by atoms with Gasteiger partial charge >= 0.3 is 0 Å². The van der Waals surface area contributed by atoms with Gasteiger partial charge in [0.1, 0.15) is 17.1 Å². The van der Waals surface area contributed by atoms with Crippen molar-refractivity contribution >= 4 is 28.5 Å². The predicted molar refractivity (Wildman–Crippen MR) is 140 cm³/mol. The summed E-state index contributed by atoms with van der Waals surface area (Å²) < 4.78 is 41.5. The number of aromatic nitrogens is 3. The minimum Gasteiger partial charge on any atom is -0.493 e. The minimum absolute atomic E-state index is 0.0304. The van der Waals surface area contributed by atoms with Crippen molar-refractivity contribution in [3.05, 3.63) is 53.4 Å². The van der Waals surface area contributed by atoms with Crippen molar-refractivity contribution in [1.29, 1.82) is 0 Å². The van der Waals surface area contributed by atoms with Gasteiger partial charge in [0.2, 0.25) is 5.91 Å². The molecule has 39 heavy (non-hydrogen) atoms. The number of nitrogen functional groups attached to an aromatic ring is 1. The second-order valence-electron chi connectivity index (χ2n) is 9.17. The van der Waals surface area contributed by atoms with Crippen LogP contribution in [0.1, 0.15) is 47.9 Å². The zero-order chi connectivity index (χ0) is 28.4. The van der Waals surface area contributed by atoms with E-state index in [-0.39, 0.29) is 52.0 Å². The minimum atomic E-state index is -1.01. The Bertz CT molecular complexity index is 1510. The van der Waals surface area contributed by atoms with Crippen LogP contribution in [-0.4, -0.2) is 64.8 Å². The molecule has 1 fully saturated rings. The number of hydrogen-bond donors (Lipinski definition) is 2. The predicted octanol–water partition coefficient (Wildman–Crippen LogP) is 2.81. The van der Waals surface area contributed by atoms with Gasteiger partial charge < -0.3 is 25.4 Å². The summed E-state index contributed by atoms with van der Waals surface area (Å²) in [6.07, 6.45) is 3.11.